The molecule has 0 atom stereocenters. The number of carbonyl (C=O) groups is 2. The molecule has 0 saturated carbocycles. The van der Waals surface area contributed by atoms with Crippen LogP contribution in [0.4, 0.5) is 14.5 Å². The number of aromatic amines is 1. The summed E-state index contributed by atoms with van der Waals surface area (Å²) in [5, 5.41) is 9.68. The second kappa shape index (κ2) is 11.6. The Morgan fingerprint density at radius 3 is 2.28 bits per heavy atom. The van der Waals surface area contributed by atoms with Gasteiger partial charge in [-0.05, 0) is 65.8 Å². The van der Waals surface area contributed by atoms with E-state index >= 15 is 0 Å². The standard InChI is InChI=1S/C28H27F2N3O3/c29-23-6-5-7-24(30)27(23)28(35)33(17-4-2-1-3-8-26(34)32-36)22-13-11-19(12-14-22)21-10-9-20-15-16-31-25(20)18-21/h5-7,9-16,18,31,36H,1-4,8,17H2,(H,32,34). The highest BCUT2D eigenvalue weighted by molar-refractivity contribution is 6.06. The molecule has 0 bridgehead atoms. The molecule has 6 nitrogen and oxygen atoms in total. The zero-order valence-corrected chi connectivity index (χ0v) is 19.6. The van der Waals surface area contributed by atoms with Gasteiger partial charge in [-0.25, -0.2) is 14.3 Å². The summed E-state index contributed by atoms with van der Waals surface area (Å²) in [6, 6.07) is 18.7. The third-order valence-electron chi connectivity index (χ3n) is 6.15. The van der Waals surface area contributed by atoms with Crippen molar-refractivity contribution in [3.63, 3.8) is 0 Å². The maximum Gasteiger partial charge on any atom is 0.264 e. The highest BCUT2D eigenvalue weighted by Gasteiger charge is 2.24. The molecule has 36 heavy (non-hydrogen) atoms. The van der Waals surface area contributed by atoms with Gasteiger partial charge in [0.25, 0.3) is 5.91 Å². The molecule has 4 aromatic rings. The molecular weight excluding hydrogens is 464 g/mol. The number of fused-ring (bicyclic) bond motifs is 1. The average Bonchev–Trinajstić information content (AvgIpc) is 3.36. The number of rotatable bonds is 10. The first-order valence-corrected chi connectivity index (χ1v) is 11.8. The van der Waals surface area contributed by atoms with E-state index in [1.54, 1.807) is 17.6 Å². The van der Waals surface area contributed by atoms with Crippen molar-refractivity contribution in [1.82, 2.24) is 10.5 Å². The lowest BCUT2D eigenvalue weighted by atomic mass is 10.0. The molecule has 0 unspecified atom stereocenters. The Morgan fingerprint density at radius 1 is 0.861 bits per heavy atom. The molecule has 0 radical (unpaired) electrons. The molecule has 1 aromatic heterocycles. The molecule has 186 valence electrons. The summed E-state index contributed by atoms with van der Waals surface area (Å²) in [6.07, 6.45) is 4.66. The second-order valence-corrected chi connectivity index (χ2v) is 8.58. The van der Waals surface area contributed by atoms with Crippen LogP contribution in [0.15, 0.2) is 72.9 Å². The van der Waals surface area contributed by atoms with Crippen LogP contribution in [0.5, 0.6) is 0 Å². The van der Waals surface area contributed by atoms with Crippen LogP contribution in [-0.2, 0) is 4.79 Å². The first kappa shape index (κ1) is 25.1. The molecule has 8 heteroatoms. The fraction of sp³-hybridized carbons (Fsp3) is 0.214. The van der Waals surface area contributed by atoms with Gasteiger partial charge in [0, 0.05) is 30.4 Å². The number of nitrogens with one attached hydrogen (secondary N) is 2. The van der Waals surface area contributed by atoms with E-state index < -0.39 is 29.0 Å². The third kappa shape index (κ3) is 5.78. The average molecular weight is 492 g/mol. The molecular formula is C28H27F2N3O3. The highest BCUT2D eigenvalue weighted by Crippen LogP contribution is 2.28. The lowest BCUT2D eigenvalue weighted by Gasteiger charge is -2.24. The molecule has 0 saturated heterocycles. The number of benzene rings is 3. The first-order valence-electron chi connectivity index (χ1n) is 11.8. The van der Waals surface area contributed by atoms with E-state index in [0.717, 1.165) is 34.2 Å². The maximum atomic E-state index is 14.4. The van der Waals surface area contributed by atoms with E-state index in [2.05, 4.69) is 4.98 Å². The van der Waals surface area contributed by atoms with Gasteiger partial charge in [-0.15, -0.1) is 0 Å². The molecule has 0 spiro atoms. The minimum Gasteiger partial charge on any atom is -0.361 e. The molecule has 0 aliphatic heterocycles. The Hall–Kier alpha value is -4.04. The fourth-order valence-electron chi connectivity index (χ4n) is 4.21. The van der Waals surface area contributed by atoms with Crippen LogP contribution < -0.4 is 10.4 Å². The van der Waals surface area contributed by atoms with Crippen molar-refractivity contribution in [3.05, 3.63) is 90.1 Å². The number of hydrogen-bond acceptors (Lipinski definition) is 3. The number of hydrogen-bond donors (Lipinski definition) is 3. The minimum atomic E-state index is -0.907. The summed E-state index contributed by atoms with van der Waals surface area (Å²) in [5.41, 5.74) is 4.51. The summed E-state index contributed by atoms with van der Waals surface area (Å²) in [5.74, 6) is -3.00. The molecule has 2 amide bonds. The van der Waals surface area contributed by atoms with Crippen molar-refractivity contribution < 1.29 is 23.6 Å². The van der Waals surface area contributed by atoms with E-state index in [0.29, 0.717) is 31.4 Å². The number of aromatic nitrogens is 1. The van der Waals surface area contributed by atoms with Crippen LogP contribution in [0.25, 0.3) is 22.0 Å². The van der Waals surface area contributed by atoms with Gasteiger partial charge < -0.3 is 9.88 Å². The van der Waals surface area contributed by atoms with Crippen LogP contribution in [-0.4, -0.2) is 28.6 Å². The Morgan fingerprint density at radius 2 is 1.56 bits per heavy atom. The number of hydroxylamine groups is 1. The third-order valence-corrected chi connectivity index (χ3v) is 6.15. The van der Waals surface area contributed by atoms with E-state index in [4.69, 9.17) is 5.21 Å². The fourth-order valence-corrected chi connectivity index (χ4v) is 4.21. The molecule has 4 rings (SSSR count). The van der Waals surface area contributed by atoms with Crippen molar-refractivity contribution in [2.24, 2.45) is 0 Å². The summed E-state index contributed by atoms with van der Waals surface area (Å²) >= 11 is 0. The number of amides is 2. The predicted molar refractivity (Wildman–Crippen MR) is 135 cm³/mol. The Balaban J connectivity index is 1.53. The molecule has 0 aliphatic rings. The Bertz CT molecular complexity index is 1330. The molecule has 3 aromatic carbocycles. The predicted octanol–water partition coefficient (Wildman–Crippen LogP) is 6.22. The van der Waals surface area contributed by atoms with E-state index in [1.807, 2.05) is 42.6 Å². The van der Waals surface area contributed by atoms with Gasteiger partial charge in [-0.3, -0.25) is 14.8 Å². The summed E-state index contributed by atoms with van der Waals surface area (Å²) < 4.78 is 28.8. The Labute approximate surface area is 207 Å². The van der Waals surface area contributed by atoms with Crippen molar-refractivity contribution in [1.29, 1.82) is 0 Å². The van der Waals surface area contributed by atoms with Gasteiger partial charge in [0.2, 0.25) is 5.91 Å². The van der Waals surface area contributed by atoms with Crippen LogP contribution in [0, 0.1) is 11.6 Å². The zero-order chi connectivity index (χ0) is 25.5. The van der Waals surface area contributed by atoms with Gasteiger partial charge in [-0.1, -0.05) is 43.2 Å². The zero-order valence-electron chi connectivity index (χ0n) is 19.6. The first-order chi connectivity index (χ1) is 17.5. The smallest absolute Gasteiger partial charge is 0.264 e. The van der Waals surface area contributed by atoms with Gasteiger partial charge in [0.05, 0.1) is 0 Å². The summed E-state index contributed by atoms with van der Waals surface area (Å²) in [4.78, 5) is 29.0. The SMILES string of the molecule is O=C(CCCCCCN(C(=O)c1c(F)cccc1F)c1ccc(-c2ccc3cc[nH]c3c2)cc1)NO. The van der Waals surface area contributed by atoms with Crippen molar-refractivity contribution in [3.8, 4) is 11.1 Å². The molecule has 1 heterocycles. The molecule has 0 fully saturated rings. The van der Waals surface area contributed by atoms with Gasteiger partial charge >= 0.3 is 0 Å². The van der Waals surface area contributed by atoms with Crippen LogP contribution >= 0.6 is 0 Å². The van der Waals surface area contributed by atoms with Crippen molar-refractivity contribution >= 4 is 28.4 Å². The molecule has 0 aliphatic carbocycles. The van der Waals surface area contributed by atoms with Crippen LogP contribution in [0.3, 0.4) is 0 Å². The number of carbonyl (C=O) groups excluding carboxylic acids is 2. The number of H-pyrrole nitrogens is 1. The van der Waals surface area contributed by atoms with Gasteiger partial charge in [-0.2, -0.15) is 0 Å². The summed E-state index contributed by atoms with van der Waals surface area (Å²) in [6.45, 7) is 0.257. The van der Waals surface area contributed by atoms with E-state index in [9.17, 15) is 18.4 Å². The van der Waals surface area contributed by atoms with Crippen LogP contribution in [0.1, 0.15) is 42.5 Å². The van der Waals surface area contributed by atoms with Gasteiger partial charge in [0.1, 0.15) is 17.2 Å². The normalized spacial score (nSPS) is 11.0. The topological polar surface area (TPSA) is 85.4 Å². The largest absolute Gasteiger partial charge is 0.361 e. The molecule has 3 N–H and O–H groups in total. The number of anilines is 1. The highest BCUT2D eigenvalue weighted by atomic mass is 19.1. The van der Waals surface area contributed by atoms with E-state index in [1.165, 1.54) is 11.0 Å². The maximum absolute atomic E-state index is 14.4. The van der Waals surface area contributed by atoms with Crippen molar-refractivity contribution in [2.75, 3.05) is 11.4 Å². The number of unbranched alkanes of at least 4 members (excludes halogenated alkanes) is 3. The summed E-state index contributed by atoms with van der Waals surface area (Å²) in [7, 11) is 0. The van der Waals surface area contributed by atoms with Gasteiger partial charge in [0.15, 0.2) is 0 Å². The van der Waals surface area contributed by atoms with Crippen molar-refractivity contribution in [2.45, 2.75) is 32.1 Å². The Kier molecular flexibility index (Phi) is 8.07. The minimum absolute atomic E-state index is 0.204. The van der Waals surface area contributed by atoms with E-state index in [-0.39, 0.29) is 13.0 Å². The number of nitrogens with zero attached hydrogens (tertiary/aromatic N) is 1. The number of halogens is 2. The quantitative estimate of drug-likeness (QED) is 0.140. The lowest BCUT2D eigenvalue weighted by molar-refractivity contribution is -0.129. The van der Waals surface area contributed by atoms with Crippen LogP contribution in [0.2, 0.25) is 0 Å². The monoisotopic (exact) mass is 491 g/mol. The second-order valence-electron chi connectivity index (χ2n) is 8.58. The lowest BCUT2D eigenvalue weighted by Crippen LogP contribution is -2.33.